The van der Waals surface area contributed by atoms with Crippen LogP contribution in [0.2, 0.25) is 0 Å². The van der Waals surface area contributed by atoms with E-state index < -0.39 is 0 Å². The van der Waals surface area contributed by atoms with Gasteiger partial charge < -0.3 is 15.0 Å². The summed E-state index contributed by atoms with van der Waals surface area (Å²) in [6, 6.07) is 0. The Bertz CT molecular complexity index is 447. The second-order valence-electron chi connectivity index (χ2n) is 5.04. The highest BCUT2D eigenvalue weighted by atomic mass is 16.5. The van der Waals surface area contributed by atoms with Crippen LogP contribution in [0.3, 0.4) is 0 Å². The zero-order valence-electron chi connectivity index (χ0n) is 12.4. The molecule has 110 valence electrons. The van der Waals surface area contributed by atoms with Crippen molar-refractivity contribution in [3.8, 4) is 0 Å². The van der Waals surface area contributed by atoms with Crippen LogP contribution < -0.4 is 10.2 Å². The molecule has 0 aliphatic carbocycles. The molecule has 20 heavy (non-hydrogen) atoms. The molecular formula is C15H24N4O. The van der Waals surface area contributed by atoms with Crippen LogP contribution in [0.15, 0.2) is 24.0 Å². The van der Waals surface area contributed by atoms with Crippen molar-refractivity contribution in [2.75, 3.05) is 38.3 Å². The maximum absolute atomic E-state index is 5.17. The Morgan fingerprint density at radius 3 is 3.00 bits per heavy atom. The Hall–Kier alpha value is -1.46. The average Bonchev–Trinajstić information content (AvgIpc) is 2.49. The number of hydrogen-bond donors (Lipinski definition) is 1. The van der Waals surface area contributed by atoms with Crippen molar-refractivity contribution in [2.45, 2.75) is 26.3 Å². The highest BCUT2D eigenvalue weighted by Crippen LogP contribution is 2.17. The quantitative estimate of drug-likeness (QED) is 0.607. The van der Waals surface area contributed by atoms with E-state index in [1.807, 2.05) is 12.4 Å². The number of nitrogens with one attached hydrogen (secondary N) is 1. The molecule has 1 aliphatic rings. The van der Waals surface area contributed by atoms with Gasteiger partial charge in [0.2, 0.25) is 0 Å². The minimum atomic E-state index is 0.737. The third-order valence-electron chi connectivity index (χ3n) is 3.36. The van der Waals surface area contributed by atoms with Gasteiger partial charge in [0, 0.05) is 32.9 Å². The van der Waals surface area contributed by atoms with Gasteiger partial charge in [0.25, 0.3) is 0 Å². The normalized spacial score (nSPS) is 15.3. The van der Waals surface area contributed by atoms with E-state index in [1.54, 1.807) is 7.11 Å². The van der Waals surface area contributed by atoms with Gasteiger partial charge in [-0.2, -0.15) is 0 Å². The van der Waals surface area contributed by atoms with Crippen LogP contribution in [0, 0.1) is 0 Å². The fraction of sp³-hybridized carbons (Fsp3) is 0.600. The molecule has 2 rings (SSSR count). The molecule has 1 aliphatic heterocycles. The van der Waals surface area contributed by atoms with E-state index >= 15 is 0 Å². The summed E-state index contributed by atoms with van der Waals surface area (Å²) in [6.07, 6.45) is 8.08. The molecule has 1 aromatic rings. The van der Waals surface area contributed by atoms with Crippen molar-refractivity contribution in [2.24, 2.45) is 0 Å². The molecule has 2 heterocycles. The molecule has 0 amide bonds. The summed E-state index contributed by atoms with van der Waals surface area (Å²) in [5.41, 5.74) is 2.38. The molecule has 0 radical (unpaired) electrons. The molecule has 0 saturated carbocycles. The third kappa shape index (κ3) is 4.28. The van der Waals surface area contributed by atoms with E-state index in [0.717, 1.165) is 57.1 Å². The van der Waals surface area contributed by atoms with Crippen molar-refractivity contribution >= 4 is 5.82 Å². The molecule has 0 bridgehead atoms. The molecule has 0 fully saturated rings. The van der Waals surface area contributed by atoms with Crippen LogP contribution in [0.4, 0.5) is 5.82 Å². The monoisotopic (exact) mass is 276 g/mol. The zero-order chi connectivity index (χ0) is 14.2. The first-order valence-electron chi connectivity index (χ1n) is 7.27. The summed E-state index contributed by atoms with van der Waals surface area (Å²) in [6.45, 7) is 6.56. The van der Waals surface area contributed by atoms with Crippen molar-refractivity contribution in [1.29, 1.82) is 0 Å². The number of methoxy groups -OCH3 is 1. The molecule has 0 spiro atoms. The maximum Gasteiger partial charge on any atom is 0.147 e. The van der Waals surface area contributed by atoms with Crippen LogP contribution in [-0.2, 0) is 11.3 Å². The number of rotatable bonds is 7. The Kier molecular flexibility index (Phi) is 5.95. The fourth-order valence-corrected chi connectivity index (χ4v) is 2.26. The minimum absolute atomic E-state index is 0.737. The van der Waals surface area contributed by atoms with Crippen LogP contribution in [0.5, 0.6) is 0 Å². The molecule has 1 N–H and O–H groups in total. The van der Waals surface area contributed by atoms with E-state index in [1.165, 1.54) is 5.57 Å². The van der Waals surface area contributed by atoms with Gasteiger partial charge in [-0.1, -0.05) is 13.0 Å². The Balaban J connectivity index is 1.94. The maximum atomic E-state index is 5.17. The van der Waals surface area contributed by atoms with Gasteiger partial charge in [-0.15, -0.1) is 0 Å². The lowest BCUT2D eigenvalue weighted by molar-refractivity contribution is 0.222. The summed E-state index contributed by atoms with van der Waals surface area (Å²) in [5, 5.41) is 3.36. The number of anilines is 1. The first kappa shape index (κ1) is 14.9. The minimum Gasteiger partial charge on any atom is -0.380 e. The molecule has 0 unspecified atom stereocenters. The number of ether oxygens (including phenoxy) is 1. The van der Waals surface area contributed by atoms with Crippen LogP contribution in [0.25, 0.3) is 0 Å². The summed E-state index contributed by atoms with van der Waals surface area (Å²) >= 11 is 0. The van der Waals surface area contributed by atoms with E-state index in [-0.39, 0.29) is 0 Å². The van der Waals surface area contributed by atoms with Crippen LogP contribution in [-0.4, -0.2) is 43.3 Å². The summed E-state index contributed by atoms with van der Waals surface area (Å²) in [4.78, 5) is 11.2. The first-order valence-corrected chi connectivity index (χ1v) is 7.27. The van der Waals surface area contributed by atoms with Gasteiger partial charge in [-0.3, -0.25) is 4.98 Å². The predicted molar refractivity (Wildman–Crippen MR) is 80.8 cm³/mol. The van der Waals surface area contributed by atoms with Crippen molar-refractivity contribution in [1.82, 2.24) is 15.3 Å². The van der Waals surface area contributed by atoms with Crippen LogP contribution in [0.1, 0.15) is 25.5 Å². The number of nitrogens with zero attached hydrogens (tertiary/aromatic N) is 3. The highest BCUT2D eigenvalue weighted by molar-refractivity contribution is 5.39. The van der Waals surface area contributed by atoms with Gasteiger partial charge in [0.15, 0.2) is 0 Å². The molecule has 5 nitrogen and oxygen atoms in total. The molecular weight excluding hydrogens is 252 g/mol. The average molecular weight is 276 g/mol. The van der Waals surface area contributed by atoms with Crippen molar-refractivity contribution < 1.29 is 4.74 Å². The fourth-order valence-electron chi connectivity index (χ4n) is 2.26. The topological polar surface area (TPSA) is 50.3 Å². The lowest BCUT2D eigenvalue weighted by Crippen LogP contribution is -2.30. The third-order valence-corrected chi connectivity index (χ3v) is 3.36. The van der Waals surface area contributed by atoms with E-state index in [9.17, 15) is 0 Å². The lowest BCUT2D eigenvalue weighted by Gasteiger charge is -2.27. The number of hydrogen-bond acceptors (Lipinski definition) is 5. The van der Waals surface area contributed by atoms with Gasteiger partial charge in [-0.05, 0) is 25.0 Å². The highest BCUT2D eigenvalue weighted by Gasteiger charge is 2.13. The second-order valence-corrected chi connectivity index (χ2v) is 5.04. The molecule has 0 saturated heterocycles. The molecule has 0 atom stereocenters. The molecule has 5 heteroatoms. The Labute approximate surface area is 121 Å². The lowest BCUT2D eigenvalue weighted by atomic mass is 10.1. The smallest absolute Gasteiger partial charge is 0.147 e. The van der Waals surface area contributed by atoms with Gasteiger partial charge >= 0.3 is 0 Å². The summed E-state index contributed by atoms with van der Waals surface area (Å²) in [5.74, 6) is 0.966. The zero-order valence-corrected chi connectivity index (χ0v) is 12.4. The SMILES string of the molecule is CCCNCc1cncc(N2CC=C(COC)CC2)n1. The van der Waals surface area contributed by atoms with Crippen LogP contribution >= 0.6 is 0 Å². The van der Waals surface area contributed by atoms with Crippen molar-refractivity contribution in [3.05, 3.63) is 29.7 Å². The van der Waals surface area contributed by atoms with E-state index in [0.29, 0.717) is 0 Å². The van der Waals surface area contributed by atoms with Gasteiger partial charge in [0.05, 0.1) is 18.5 Å². The largest absolute Gasteiger partial charge is 0.380 e. The number of aromatic nitrogens is 2. The van der Waals surface area contributed by atoms with Gasteiger partial charge in [-0.25, -0.2) is 4.98 Å². The standard InChI is InChI=1S/C15H24N4O/c1-3-6-16-9-14-10-17-11-15(18-14)19-7-4-13(5-8-19)12-20-2/h4,10-11,16H,3,5-9,12H2,1-2H3. The predicted octanol–water partition coefficient (Wildman–Crippen LogP) is 1.76. The van der Waals surface area contributed by atoms with Crippen molar-refractivity contribution in [3.63, 3.8) is 0 Å². The Morgan fingerprint density at radius 1 is 1.40 bits per heavy atom. The molecule has 1 aromatic heterocycles. The summed E-state index contributed by atoms with van der Waals surface area (Å²) < 4.78 is 5.17. The second kappa shape index (κ2) is 7.97. The van der Waals surface area contributed by atoms with E-state index in [4.69, 9.17) is 4.74 Å². The Morgan fingerprint density at radius 2 is 2.30 bits per heavy atom. The first-order chi connectivity index (χ1) is 9.83. The summed E-state index contributed by atoms with van der Waals surface area (Å²) in [7, 11) is 1.74. The molecule has 0 aromatic carbocycles. The van der Waals surface area contributed by atoms with E-state index in [2.05, 4.69) is 33.2 Å². The van der Waals surface area contributed by atoms with Gasteiger partial charge in [0.1, 0.15) is 5.82 Å².